The first-order valence-electron chi connectivity index (χ1n) is 18.9. The van der Waals surface area contributed by atoms with Gasteiger partial charge in [0.1, 0.15) is 17.0 Å². The van der Waals surface area contributed by atoms with Gasteiger partial charge in [0.15, 0.2) is 5.60 Å². The molecule has 3 N–H and O–H groups in total. The van der Waals surface area contributed by atoms with Gasteiger partial charge >= 0.3 is 0 Å². The third-order valence-electron chi connectivity index (χ3n) is 12.7. The van der Waals surface area contributed by atoms with Crippen molar-refractivity contribution < 1.29 is 19.8 Å². The Morgan fingerprint density at radius 2 is 1.54 bits per heavy atom. The molecule has 0 aliphatic heterocycles. The van der Waals surface area contributed by atoms with Crippen LogP contribution in [-0.4, -0.2) is 31.1 Å². The lowest BCUT2D eigenvalue weighted by atomic mass is 9.53. The highest BCUT2D eigenvalue weighted by Gasteiger charge is 2.63. The SMILES string of the molecule is C[C@]12CC[C@@H]3c4ccc(O)cc4CC[C@H]3[C@@H]1CC[C@@]2(O)c1cn(CCCCC(=O)NOC(c2ccccc2)(c2ccccc2)c2ccccc2)nn1. The van der Waals surface area contributed by atoms with Gasteiger partial charge in [-0.3, -0.25) is 14.3 Å². The second-order valence-corrected chi connectivity index (χ2v) is 15.4. The number of hydroxylamine groups is 1. The molecular formula is C44H48N4O4. The number of phenols is 1. The topological polar surface area (TPSA) is 110 Å². The number of aromatic nitrogens is 3. The minimum atomic E-state index is -1.03. The van der Waals surface area contributed by atoms with E-state index in [0.29, 0.717) is 55.0 Å². The van der Waals surface area contributed by atoms with Crippen molar-refractivity contribution in [1.29, 1.82) is 0 Å². The number of hydrogen-bond acceptors (Lipinski definition) is 6. The smallest absolute Gasteiger partial charge is 0.243 e. The lowest BCUT2D eigenvalue weighted by molar-refractivity contribution is -0.143. The van der Waals surface area contributed by atoms with Crippen LogP contribution in [0.5, 0.6) is 5.75 Å². The Morgan fingerprint density at radius 1 is 0.885 bits per heavy atom. The van der Waals surface area contributed by atoms with Crippen LogP contribution in [0.2, 0.25) is 0 Å². The van der Waals surface area contributed by atoms with E-state index in [0.717, 1.165) is 55.2 Å². The minimum Gasteiger partial charge on any atom is -0.508 e. The molecule has 5 aromatic rings. The Bertz CT molecular complexity index is 1900. The molecule has 52 heavy (non-hydrogen) atoms. The average molecular weight is 697 g/mol. The normalized spacial score (nSPS) is 25.2. The van der Waals surface area contributed by atoms with E-state index in [-0.39, 0.29) is 11.3 Å². The van der Waals surface area contributed by atoms with Crippen LogP contribution in [0.1, 0.15) is 97.7 Å². The molecule has 1 amide bonds. The van der Waals surface area contributed by atoms with E-state index in [9.17, 15) is 15.0 Å². The van der Waals surface area contributed by atoms with Crippen LogP contribution in [0.3, 0.4) is 0 Å². The number of amides is 1. The lowest BCUT2D eigenvalue weighted by Crippen LogP contribution is -2.49. The minimum absolute atomic E-state index is 0.191. The van der Waals surface area contributed by atoms with E-state index < -0.39 is 11.2 Å². The molecule has 1 aromatic heterocycles. The van der Waals surface area contributed by atoms with Gasteiger partial charge < -0.3 is 10.2 Å². The largest absolute Gasteiger partial charge is 0.508 e. The molecule has 2 fully saturated rings. The number of nitrogens with zero attached hydrogens (tertiary/aromatic N) is 3. The van der Waals surface area contributed by atoms with Gasteiger partial charge in [0.25, 0.3) is 0 Å². The molecule has 268 valence electrons. The Labute approximate surface area is 305 Å². The summed E-state index contributed by atoms with van der Waals surface area (Å²) in [6, 6.07) is 35.8. The van der Waals surface area contributed by atoms with E-state index in [4.69, 9.17) is 4.84 Å². The van der Waals surface area contributed by atoms with Crippen molar-refractivity contribution in [2.75, 3.05) is 0 Å². The van der Waals surface area contributed by atoms with E-state index in [1.807, 2.05) is 114 Å². The van der Waals surface area contributed by atoms with Crippen LogP contribution in [0.4, 0.5) is 0 Å². The molecular weight excluding hydrogens is 649 g/mol. The lowest BCUT2D eigenvalue weighted by Gasteiger charge is -2.52. The first-order valence-corrected chi connectivity index (χ1v) is 18.9. The highest BCUT2D eigenvalue weighted by molar-refractivity contribution is 5.74. The zero-order chi connectivity index (χ0) is 35.8. The quantitative estimate of drug-likeness (QED) is 0.0735. The van der Waals surface area contributed by atoms with Gasteiger partial charge in [0, 0.05) is 18.4 Å². The molecule has 0 spiro atoms. The summed E-state index contributed by atoms with van der Waals surface area (Å²) in [6.45, 7) is 2.88. The summed E-state index contributed by atoms with van der Waals surface area (Å²) < 4.78 is 1.82. The maximum atomic E-state index is 13.3. The fraction of sp³-hybridized carbons (Fsp3) is 0.386. The zero-order valence-corrected chi connectivity index (χ0v) is 29.8. The highest BCUT2D eigenvalue weighted by atomic mass is 16.7. The van der Waals surface area contributed by atoms with Gasteiger partial charge in [-0.1, -0.05) is 109 Å². The number of hydrogen-bond donors (Lipinski definition) is 3. The van der Waals surface area contributed by atoms with E-state index in [1.54, 1.807) is 0 Å². The number of rotatable bonds is 11. The molecule has 3 aliphatic carbocycles. The Kier molecular flexibility index (Phi) is 9.22. The summed E-state index contributed by atoms with van der Waals surface area (Å²) in [5.41, 5.74) is 6.57. The number of aryl methyl sites for hydroxylation is 2. The van der Waals surface area contributed by atoms with Gasteiger partial charge in [-0.25, -0.2) is 5.48 Å². The van der Waals surface area contributed by atoms with Crippen molar-refractivity contribution in [2.45, 2.75) is 88.4 Å². The molecule has 0 saturated heterocycles. The molecule has 0 unspecified atom stereocenters. The Balaban J connectivity index is 0.897. The van der Waals surface area contributed by atoms with E-state index in [1.165, 1.54) is 11.1 Å². The zero-order valence-electron chi connectivity index (χ0n) is 29.8. The number of unbranched alkanes of at least 4 members (excludes halogenated alkanes) is 1. The molecule has 0 radical (unpaired) electrons. The molecule has 8 nitrogen and oxygen atoms in total. The average Bonchev–Trinajstić information content (AvgIpc) is 3.77. The maximum Gasteiger partial charge on any atom is 0.243 e. The van der Waals surface area contributed by atoms with Crippen molar-refractivity contribution in [3.8, 4) is 5.75 Å². The summed E-state index contributed by atoms with van der Waals surface area (Å²) in [5, 5.41) is 31.4. The van der Waals surface area contributed by atoms with Crippen LogP contribution in [0.25, 0.3) is 0 Å². The van der Waals surface area contributed by atoms with Crippen LogP contribution >= 0.6 is 0 Å². The molecule has 4 aromatic carbocycles. The van der Waals surface area contributed by atoms with Gasteiger partial charge in [0.2, 0.25) is 5.91 Å². The van der Waals surface area contributed by atoms with Crippen molar-refractivity contribution in [2.24, 2.45) is 17.3 Å². The number of carbonyl (C=O) groups excluding carboxylic acids is 1. The van der Waals surface area contributed by atoms with Crippen molar-refractivity contribution >= 4 is 5.91 Å². The standard InChI is InChI=1S/C44H48N4O4/c1-42-26-24-37-36-23-21-35(49)29-31(36)20-22-38(37)39(42)25-27-43(42,51)40-30-48(47-45-40)28-12-11-19-41(50)46-52-44(32-13-5-2-6-14-32,33-15-7-3-8-16-33)34-17-9-4-10-18-34/h2-10,13-18,21,23,29-30,37-39,49,51H,11-12,19-20,22,24-28H2,1H3,(H,46,50)/t37-,38-,39+,42+,43-/m1/s1. The number of benzene rings is 4. The van der Waals surface area contributed by atoms with Gasteiger partial charge in [-0.15, -0.1) is 5.10 Å². The fourth-order valence-corrected chi connectivity index (χ4v) is 10.0. The van der Waals surface area contributed by atoms with Crippen molar-refractivity contribution in [1.82, 2.24) is 20.5 Å². The predicted octanol–water partition coefficient (Wildman–Crippen LogP) is 7.94. The summed E-state index contributed by atoms with van der Waals surface area (Å²) in [5.74, 6) is 1.57. The fourth-order valence-electron chi connectivity index (χ4n) is 10.0. The van der Waals surface area contributed by atoms with Crippen LogP contribution in [0, 0.1) is 17.3 Å². The molecule has 2 saturated carbocycles. The van der Waals surface area contributed by atoms with Crippen LogP contribution in [-0.2, 0) is 33.8 Å². The Hall–Kier alpha value is -4.79. The van der Waals surface area contributed by atoms with Gasteiger partial charge in [-0.05, 0) is 109 Å². The first kappa shape index (κ1) is 34.3. The number of nitrogens with one attached hydrogen (secondary N) is 1. The molecule has 8 heteroatoms. The first-order chi connectivity index (χ1) is 25.3. The molecule has 3 aliphatic rings. The summed E-state index contributed by atoms with van der Waals surface area (Å²) >= 11 is 0. The molecule has 1 heterocycles. The highest BCUT2D eigenvalue weighted by Crippen LogP contribution is 2.66. The number of carbonyl (C=O) groups is 1. The Morgan fingerprint density at radius 3 is 2.19 bits per heavy atom. The number of fused-ring (bicyclic) bond motifs is 5. The number of aliphatic hydroxyl groups is 1. The third-order valence-corrected chi connectivity index (χ3v) is 12.7. The van der Waals surface area contributed by atoms with E-state index >= 15 is 0 Å². The van der Waals surface area contributed by atoms with Gasteiger partial charge in [0.05, 0.1) is 6.20 Å². The summed E-state index contributed by atoms with van der Waals surface area (Å²) in [6.07, 6.45) is 9.29. The third kappa shape index (κ3) is 5.92. The van der Waals surface area contributed by atoms with E-state index in [2.05, 4.69) is 28.8 Å². The molecule has 5 atom stereocenters. The number of aromatic hydroxyl groups is 1. The van der Waals surface area contributed by atoms with Crippen molar-refractivity contribution in [3.05, 3.63) is 149 Å². The monoisotopic (exact) mass is 696 g/mol. The van der Waals surface area contributed by atoms with Crippen LogP contribution in [0.15, 0.2) is 115 Å². The molecule has 0 bridgehead atoms. The maximum absolute atomic E-state index is 13.3. The summed E-state index contributed by atoms with van der Waals surface area (Å²) in [7, 11) is 0. The predicted molar refractivity (Wildman–Crippen MR) is 199 cm³/mol. The molecule has 8 rings (SSSR count). The number of phenolic OH excluding ortho intramolecular Hbond substituents is 1. The van der Waals surface area contributed by atoms with Gasteiger partial charge in [-0.2, -0.15) is 0 Å². The second-order valence-electron chi connectivity index (χ2n) is 15.4. The van der Waals surface area contributed by atoms with Crippen LogP contribution < -0.4 is 5.48 Å². The second kappa shape index (κ2) is 14.0. The summed E-state index contributed by atoms with van der Waals surface area (Å²) in [4.78, 5) is 19.7. The van der Waals surface area contributed by atoms with Crippen molar-refractivity contribution in [3.63, 3.8) is 0 Å².